The number of para-hydroxylation sites is 2. The highest BCUT2D eigenvalue weighted by molar-refractivity contribution is 7.16. The number of hydrogen-bond acceptors (Lipinski definition) is 5. The lowest BCUT2D eigenvalue weighted by molar-refractivity contribution is 0.0606. The maximum Gasteiger partial charge on any atom is 0.348 e. The molecule has 0 saturated heterocycles. The van der Waals surface area contributed by atoms with Crippen molar-refractivity contribution in [3.8, 4) is 0 Å². The normalized spacial score (nSPS) is 10.3. The van der Waals surface area contributed by atoms with Crippen LogP contribution in [0.3, 0.4) is 0 Å². The lowest BCUT2D eigenvalue weighted by Gasteiger charge is -2.22. The minimum Gasteiger partial charge on any atom is -0.465 e. The molecule has 138 valence electrons. The molecule has 6 heteroatoms. The summed E-state index contributed by atoms with van der Waals surface area (Å²) < 4.78 is 4.69. The van der Waals surface area contributed by atoms with Gasteiger partial charge in [0.2, 0.25) is 0 Å². The van der Waals surface area contributed by atoms with E-state index >= 15 is 0 Å². The van der Waals surface area contributed by atoms with Crippen molar-refractivity contribution in [3.63, 3.8) is 0 Å². The van der Waals surface area contributed by atoms with Crippen LogP contribution in [-0.2, 0) is 11.3 Å². The summed E-state index contributed by atoms with van der Waals surface area (Å²) in [5.41, 5.74) is 2.82. The minimum atomic E-state index is -0.443. The van der Waals surface area contributed by atoms with Crippen molar-refractivity contribution in [2.24, 2.45) is 0 Å². The predicted molar refractivity (Wildman–Crippen MR) is 109 cm³/mol. The molecule has 2 aromatic carbocycles. The Labute approximate surface area is 162 Å². The quantitative estimate of drug-likeness (QED) is 0.643. The molecule has 0 unspecified atom stereocenters. The Morgan fingerprint density at radius 3 is 2.37 bits per heavy atom. The molecule has 0 saturated carbocycles. The number of carbonyl (C=O) groups excluding carboxylic acids is 2. The number of ether oxygens (including phenoxy) is 1. The van der Waals surface area contributed by atoms with Gasteiger partial charge in [0, 0.05) is 13.6 Å². The molecule has 0 aliphatic carbocycles. The molecule has 1 N–H and O–H groups in total. The summed E-state index contributed by atoms with van der Waals surface area (Å²) in [5.74, 6) is -0.697. The second-order valence-corrected chi connectivity index (χ2v) is 7.05. The zero-order valence-electron chi connectivity index (χ0n) is 15.1. The zero-order chi connectivity index (χ0) is 19.2. The molecule has 1 aromatic heterocycles. The Morgan fingerprint density at radius 2 is 1.63 bits per heavy atom. The number of thiophene rings is 1. The van der Waals surface area contributed by atoms with Crippen LogP contribution in [0.25, 0.3) is 0 Å². The van der Waals surface area contributed by atoms with Gasteiger partial charge in [0.15, 0.2) is 0 Å². The second-order valence-electron chi connectivity index (χ2n) is 5.97. The molecule has 0 aliphatic rings. The number of methoxy groups -OCH3 is 1. The van der Waals surface area contributed by atoms with Crippen molar-refractivity contribution in [1.29, 1.82) is 0 Å². The first-order chi connectivity index (χ1) is 13.1. The van der Waals surface area contributed by atoms with Gasteiger partial charge in [-0.2, -0.15) is 0 Å². The number of carbonyl (C=O) groups is 2. The topological polar surface area (TPSA) is 58.6 Å². The van der Waals surface area contributed by atoms with Crippen molar-refractivity contribution in [3.05, 3.63) is 82.0 Å². The smallest absolute Gasteiger partial charge is 0.348 e. The van der Waals surface area contributed by atoms with Crippen LogP contribution >= 0.6 is 11.3 Å². The number of rotatable bonds is 6. The third kappa shape index (κ3) is 4.54. The van der Waals surface area contributed by atoms with E-state index in [1.807, 2.05) is 49.5 Å². The highest BCUT2D eigenvalue weighted by Gasteiger charge is 2.16. The van der Waals surface area contributed by atoms with E-state index in [0.717, 1.165) is 23.6 Å². The maximum absolute atomic E-state index is 12.6. The van der Waals surface area contributed by atoms with E-state index in [4.69, 9.17) is 0 Å². The van der Waals surface area contributed by atoms with Crippen LogP contribution in [0.2, 0.25) is 0 Å². The first-order valence-electron chi connectivity index (χ1n) is 8.42. The van der Waals surface area contributed by atoms with Crippen molar-refractivity contribution < 1.29 is 14.3 Å². The highest BCUT2D eigenvalue weighted by atomic mass is 32.1. The van der Waals surface area contributed by atoms with Crippen molar-refractivity contribution in [2.75, 3.05) is 24.4 Å². The fourth-order valence-electron chi connectivity index (χ4n) is 2.71. The average molecular weight is 380 g/mol. The van der Waals surface area contributed by atoms with Crippen molar-refractivity contribution in [2.45, 2.75) is 6.54 Å². The van der Waals surface area contributed by atoms with Gasteiger partial charge >= 0.3 is 5.97 Å². The number of amides is 1. The molecule has 0 bridgehead atoms. The molecule has 27 heavy (non-hydrogen) atoms. The summed E-state index contributed by atoms with van der Waals surface area (Å²) in [6.07, 6.45) is 0. The summed E-state index contributed by atoms with van der Waals surface area (Å²) in [4.78, 5) is 27.1. The van der Waals surface area contributed by atoms with E-state index < -0.39 is 5.97 Å². The van der Waals surface area contributed by atoms with Gasteiger partial charge in [0.25, 0.3) is 5.91 Å². The molecule has 3 rings (SSSR count). The van der Waals surface area contributed by atoms with Crippen LogP contribution in [0.15, 0.2) is 66.7 Å². The minimum absolute atomic E-state index is 0.254. The summed E-state index contributed by atoms with van der Waals surface area (Å²) in [6.45, 7) is 0.721. The number of anilines is 2. The largest absolute Gasteiger partial charge is 0.465 e. The lowest BCUT2D eigenvalue weighted by atomic mass is 10.2. The van der Waals surface area contributed by atoms with Gasteiger partial charge < -0.3 is 15.0 Å². The summed E-state index contributed by atoms with van der Waals surface area (Å²) >= 11 is 1.11. The predicted octanol–water partition coefficient (Wildman–Crippen LogP) is 4.42. The Bertz CT molecular complexity index is 937. The molecular weight excluding hydrogens is 360 g/mol. The number of nitrogens with zero attached hydrogens (tertiary/aromatic N) is 1. The number of hydrogen-bond donors (Lipinski definition) is 1. The Morgan fingerprint density at radius 1 is 0.963 bits per heavy atom. The molecular formula is C21H20N2O3S. The molecule has 1 heterocycles. The summed E-state index contributed by atoms with van der Waals surface area (Å²) in [6, 6.07) is 21.0. The van der Waals surface area contributed by atoms with E-state index in [1.165, 1.54) is 12.7 Å². The standard InChI is InChI=1S/C21H20N2O3S/c1-23(14-15-8-4-3-5-9-15)17-11-7-6-10-16(17)22-20(24)18-12-13-19(27-18)21(25)26-2/h3-13H,14H2,1-2H3,(H,22,24). The van der Waals surface area contributed by atoms with E-state index in [0.29, 0.717) is 15.4 Å². The molecule has 0 spiro atoms. The van der Waals surface area contributed by atoms with Crippen molar-refractivity contribution in [1.82, 2.24) is 0 Å². The molecule has 0 radical (unpaired) electrons. The van der Waals surface area contributed by atoms with Gasteiger partial charge in [-0.1, -0.05) is 42.5 Å². The van der Waals surface area contributed by atoms with E-state index in [9.17, 15) is 9.59 Å². The van der Waals surface area contributed by atoms with Gasteiger partial charge in [-0.25, -0.2) is 4.79 Å². The third-order valence-corrected chi connectivity index (χ3v) is 5.11. The molecule has 0 aliphatic heterocycles. The first kappa shape index (κ1) is 18.7. The van der Waals surface area contributed by atoms with Gasteiger partial charge in [-0.05, 0) is 29.8 Å². The van der Waals surface area contributed by atoms with Gasteiger partial charge in [0.1, 0.15) is 4.88 Å². The average Bonchev–Trinajstić information content (AvgIpc) is 3.19. The second kappa shape index (κ2) is 8.51. The van der Waals surface area contributed by atoms with Gasteiger partial charge in [0.05, 0.1) is 23.4 Å². The Balaban J connectivity index is 1.76. The fourth-order valence-corrected chi connectivity index (χ4v) is 3.53. The lowest BCUT2D eigenvalue weighted by Crippen LogP contribution is -2.19. The Kier molecular flexibility index (Phi) is 5.88. The van der Waals surface area contributed by atoms with Crippen LogP contribution in [0.5, 0.6) is 0 Å². The monoisotopic (exact) mass is 380 g/mol. The molecule has 3 aromatic rings. The summed E-state index contributed by atoms with van der Waals surface area (Å²) in [7, 11) is 3.30. The molecule has 5 nitrogen and oxygen atoms in total. The fraction of sp³-hybridized carbons (Fsp3) is 0.143. The van der Waals surface area contributed by atoms with Crippen LogP contribution in [0.4, 0.5) is 11.4 Å². The highest BCUT2D eigenvalue weighted by Crippen LogP contribution is 2.27. The molecule has 0 fully saturated rings. The maximum atomic E-state index is 12.6. The van der Waals surface area contributed by atoms with E-state index in [1.54, 1.807) is 12.1 Å². The van der Waals surface area contributed by atoms with Gasteiger partial charge in [-0.15, -0.1) is 11.3 Å². The number of benzene rings is 2. The van der Waals surface area contributed by atoms with E-state index in [2.05, 4.69) is 27.1 Å². The number of nitrogens with one attached hydrogen (secondary N) is 1. The SMILES string of the molecule is COC(=O)c1ccc(C(=O)Nc2ccccc2N(C)Cc2ccccc2)s1. The van der Waals surface area contributed by atoms with E-state index in [-0.39, 0.29) is 5.91 Å². The van der Waals surface area contributed by atoms with Gasteiger partial charge in [-0.3, -0.25) is 4.79 Å². The van der Waals surface area contributed by atoms with Crippen LogP contribution in [-0.4, -0.2) is 26.0 Å². The molecule has 1 amide bonds. The van der Waals surface area contributed by atoms with Crippen LogP contribution < -0.4 is 10.2 Å². The Hall–Kier alpha value is -3.12. The zero-order valence-corrected chi connectivity index (χ0v) is 16.0. The summed E-state index contributed by atoms with van der Waals surface area (Å²) in [5, 5.41) is 2.94. The first-order valence-corrected chi connectivity index (χ1v) is 9.23. The molecule has 0 atom stereocenters. The van der Waals surface area contributed by atoms with Crippen molar-refractivity contribution >= 4 is 34.6 Å². The van der Waals surface area contributed by atoms with Crippen LogP contribution in [0.1, 0.15) is 24.9 Å². The third-order valence-electron chi connectivity index (χ3n) is 4.04. The number of esters is 1. The van der Waals surface area contributed by atoms with Crippen LogP contribution in [0, 0.1) is 0 Å².